The first-order chi connectivity index (χ1) is 19.1. The van der Waals surface area contributed by atoms with E-state index >= 15 is 0 Å². The second-order valence-electron chi connectivity index (χ2n) is 9.62. The van der Waals surface area contributed by atoms with Gasteiger partial charge < -0.3 is 26.6 Å². The smallest absolute Gasteiger partial charge is 0.424 e. The van der Waals surface area contributed by atoms with Crippen LogP contribution in [0.15, 0.2) is 42.5 Å². The molecule has 41 heavy (non-hydrogen) atoms. The van der Waals surface area contributed by atoms with Crippen molar-refractivity contribution in [1.82, 2.24) is 15.3 Å². The third-order valence-corrected chi connectivity index (χ3v) is 7.94. The molecule has 214 valence electrons. The maximum Gasteiger partial charge on any atom is 0.424 e. The fraction of sp³-hybridized carbons (Fsp3) is 0.231. The lowest BCUT2D eigenvalue weighted by atomic mass is 9.81. The molecule has 0 radical (unpaired) electrons. The molecule has 5 rings (SSSR count). The monoisotopic (exact) mass is 609 g/mol. The lowest BCUT2D eigenvalue weighted by Crippen LogP contribution is -2.51. The number of thiazole rings is 1. The van der Waals surface area contributed by atoms with Crippen LogP contribution in [0.25, 0.3) is 21.5 Å². The number of benzene rings is 2. The minimum Gasteiger partial charge on any atom is -0.489 e. The zero-order valence-electron chi connectivity index (χ0n) is 21.0. The number of aromatic nitrogens is 2. The summed E-state index contributed by atoms with van der Waals surface area (Å²) in [5, 5.41) is 13.5. The van der Waals surface area contributed by atoms with E-state index in [4.69, 9.17) is 27.8 Å². The Hall–Kier alpha value is -4.01. The van der Waals surface area contributed by atoms with Gasteiger partial charge in [-0.3, -0.25) is 9.59 Å². The Balaban J connectivity index is 1.59. The predicted octanol–water partition coefficient (Wildman–Crippen LogP) is 4.05. The number of anilines is 1. The number of amides is 2. The van der Waals surface area contributed by atoms with Crippen LogP contribution in [0.5, 0.6) is 5.75 Å². The Morgan fingerprint density at radius 2 is 1.88 bits per heavy atom. The highest BCUT2D eigenvalue weighted by Crippen LogP contribution is 2.47. The molecule has 0 saturated heterocycles. The van der Waals surface area contributed by atoms with Crippen molar-refractivity contribution in [2.24, 2.45) is 5.73 Å². The third kappa shape index (κ3) is 4.81. The van der Waals surface area contributed by atoms with E-state index < -0.39 is 47.1 Å². The van der Waals surface area contributed by atoms with Crippen molar-refractivity contribution in [2.45, 2.75) is 24.1 Å². The Morgan fingerprint density at radius 1 is 1.20 bits per heavy atom. The van der Waals surface area contributed by atoms with Gasteiger partial charge in [-0.2, -0.15) is 13.2 Å². The molecule has 0 saturated carbocycles. The summed E-state index contributed by atoms with van der Waals surface area (Å²) < 4.78 is 64.0. The van der Waals surface area contributed by atoms with Gasteiger partial charge in [-0.25, -0.2) is 14.4 Å². The van der Waals surface area contributed by atoms with E-state index in [0.29, 0.717) is 5.02 Å². The molecular weight excluding hydrogens is 590 g/mol. The van der Waals surface area contributed by atoms with Crippen LogP contribution in [0, 0.1) is 5.82 Å². The van der Waals surface area contributed by atoms with E-state index in [-0.39, 0.29) is 50.1 Å². The number of nitrogens with zero attached hydrogens (tertiary/aromatic N) is 2. The number of fused-ring (bicyclic) bond motifs is 2. The molecule has 4 aromatic rings. The van der Waals surface area contributed by atoms with Crippen molar-refractivity contribution in [3.8, 4) is 17.0 Å². The summed E-state index contributed by atoms with van der Waals surface area (Å²) in [7, 11) is 0. The third-order valence-electron chi connectivity index (χ3n) is 6.86. The van der Waals surface area contributed by atoms with Crippen LogP contribution in [0.2, 0.25) is 5.02 Å². The molecule has 1 unspecified atom stereocenters. The fourth-order valence-electron chi connectivity index (χ4n) is 4.39. The minimum absolute atomic E-state index is 0.0125. The number of nitrogens with one attached hydrogen (secondary N) is 1. The lowest BCUT2D eigenvalue weighted by molar-refractivity contribution is -0.265. The molecule has 3 heterocycles. The summed E-state index contributed by atoms with van der Waals surface area (Å²) in [5.41, 5.74) is 4.67. The molecule has 2 aromatic heterocycles. The minimum atomic E-state index is -5.37. The van der Waals surface area contributed by atoms with Gasteiger partial charge >= 0.3 is 6.18 Å². The van der Waals surface area contributed by atoms with E-state index in [9.17, 15) is 32.3 Å². The van der Waals surface area contributed by atoms with Crippen molar-refractivity contribution < 1.29 is 37.0 Å². The van der Waals surface area contributed by atoms with Crippen LogP contribution in [0.3, 0.4) is 0 Å². The van der Waals surface area contributed by atoms with Gasteiger partial charge in [0.05, 0.1) is 16.9 Å². The van der Waals surface area contributed by atoms with Gasteiger partial charge in [0.25, 0.3) is 5.91 Å². The van der Waals surface area contributed by atoms with E-state index in [0.717, 1.165) is 23.5 Å². The fourth-order valence-corrected chi connectivity index (χ4v) is 5.30. The van der Waals surface area contributed by atoms with Crippen molar-refractivity contribution in [3.05, 3.63) is 70.1 Å². The maximum absolute atomic E-state index is 14.5. The Kier molecular flexibility index (Phi) is 6.83. The number of rotatable bonds is 6. The molecule has 2 amide bonds. The molecule has 1 aliphatic heterocycles. The normalized spacial score (nSPS) is 18.0. The summed E-state index contributed by atoms with van der Waals surface area (Å²) in [5.74, 6) is -2.87. The van der Waals surface area contributed by atoms with Crippen LogP contribution in [-0.4, -0.2) is 46.2 Å². The number of halogens is 5. The first-order valence-corrected chi connectivity index (χ1v) is 13.0. The first-order valence-electron chi connectivity index (χ1n) is 11.8. The average molecular weight is 610 g/mol. The van der Waals surface area contributed by atoms with E-state index in [2.05, 4.69) is 9.97 Å². The number of aliphatic hydroxyl groups is 1. The standard InChI is InChI=1S/C26H20ClF4N5O4S/c1-24(22(32)38)10-40-20-14(24)8-17(35-18(20)11-2-4-13(27)5-3-11)25(39,26(29,30)31)9-34-21(37)12-6-15(28)19-16(7-12)41-23(33)36-19/h2-8,39H,9-10H2,1H3,(H2,32,38)(H2,33,36)(H,34,37)/t24-,25?/m0/s1. The summed E-state index contributed by atoms with van der Waals surface area (Å²) >= 11 is 6.84. The number of nitrogens with two attached hydrogens (primary N) is 2. The van der Waals surface area contributed by atoms with Crippen molar-refractivity contribution in [1.29, 1.82) is 0 Å². The Morgan fingerprint density at radius 3 is 2.51 bits per heavy atom. The van der Waals surface area contributed by atoms with Crippen molar-refractivity contribution in [3.63, 3.8) is 0 Å². The quantitative estimate of drug-likeness (QED) is 0.241. The summed E-state index contributed by atoms with van der Waals surface area (Å²) in [6.07, 6.45) is -5.37. The van der Waals surface area contributed by atoms with E-state index in [1.54, 1.807) is 0 Å². The van der Waals surface area contributed by atoms with Gasteiger partial charge in [-0.1, -0.05) is 35.1 Å². The summed E-state index contributed by atoms with van der Waals surface area (Å²) in [6.45, 7) is -0.289. The number of pyridine rings is 1. The molecule has 2 atom stereocenters. The Bertz CT molecular complexity index is 1720. The molecule has 6 N–H and O–H groups in total. The number of carbonyl (C=O) groups is 2. The highest BCUT2D eigenvalue weighted by molar-refractivity contribution is 7.22. The number of alkyl halides is 3. The molecule has 0 bridgehead atoms. The number of hydrogen-bond acceptors (Lipinski definition) is 8. The van der Waals surface area contributed by atoms with Crippen molar-refractivity contribution >= 4 is 50.1 Å². The topological polar surface area (TPSA) is 153 Å². The van der Waals surface area contributed by atoms with Crippen LogP contribution in [0.1, 0.15) is 28.5 Å². The van der Waals surface area contributed by atoms with E-state index in [1.807, 2.05) is 5.32 Å². The van der Waals surface area contributed by atoms with Gasteiger partial charge in [0.15, 0.2) is 10.9 Å². The van der Waals surface area contributed by atoms with Gasteiger partial charge in [-0.05, 0) is 37.3 Å². The predicted molar refractivity (Wildman–Crippen MR) is 143 cm³/mol. The van der Waals surface area contributed by atoms with E-state index in [1.165, 1.54) is 37.3 Å². The molecular formula is C26H20ClF4N5O4S. The number of ether oxygens (including phenoxy) is 1. The zero-order valence-corrected chi connectivity index (χ0v) is 22.5. The summed E-state index contributed by atoms with van der Waals surface area (Å²) in [4.78, 5) is 33.1. The van der Waals surface area contributed by atoms with Gasteiger partial charge in [0.2, 0.25) is 11.5 Å². The van der Waals surface area contributed by atoms with Crippen LogP contribution >= 0.6 is 22.9 Å². The molecule has 0 aliphatic carbocycles. The average Bonchev–Trinajstić information content (AvgIpc) is 3.46. The SMILES string of the molecule is C[C@]1(C(N)=O)COc2c1cc(C(O)(CNC(=O)c1cc(F)c3nc(N)sc3c1)C(F)(F)F)nc2-c1ccc(Cl)cc1. The van der Waals surface area contributed by atoms with Gasteiger partial charge in [0.1, 0.15) is 29.0 Å². The van der Waals surface area contributed by atoms with Crippen LogP contribution in [0.4, 0.5) is 22.7 Å². The van der Waals surface area contributed by atoms with Gasteiger partial charge in [0, 0.05) is 21.7 Å². The lowest BCUT2D eigenvalue weighted by Gasteiger charge is -2.31. The second-order valence-corrected chi connectivity index (χ2v) is 11.1. The molecule has 1 aliphatic rings. The summed E-state index contributed by atoms with van der Waals surface area (Å²) in [6, 6.07) is 8.80. The second kappa shape index (κ2) is 9.82. The Labute approximate surface area is 238 Å². The molecule has 15 heteroatoms. The number of primary amides is 1. The molecule has 2 aromatic carbocycles. The highest BCUT2D eigenvalue weighted by atomic mass is 35.5. The van der Waals surface area contributed by atoms with Crippen molar-refractivity contribution in [2.75, 3.05) is 18.9 Å². The number of hydrogen-bond donors (Lipinski definition) is 4. The molecule has 9 nitrogen and oxygen atoms in total. The number of nitrogen functional groups attached to an aromatic ring is 1. The maximum atomic E-state index is 14.5. The van der Waals surface area contributed by atoms with Crippen LogP contribution < -0.4 is 21.5 Å². The van der Waals surface area contributed by atoms with Crippen LogP contribution in [-0.2, 0) is 15.8 Å². The highest BCUT2D eigenvalue weighted by Gasteiger charge is 2.57. The molecule has 0 spiro atoms. The molecule has 0 fully saturated rings. The largest absolute Gasteiger partial charge is 0.489 e. The zero-order chi connectivity index (χ0) is 29.9. The number of carbonyl (C=O) groups excluding carboxylic acids is 2. The first kappa shape index (κ1) is 28.5. The van der Waals surface area contributed by atoms with Gasteiger partial charge in [-0.15, -0.1) is 0 Å².